The maximum atomic E-state index is 8.75. The molecule has 1 unspecified atom stereocenters. The topological polar surface area (TPSA) is 39.9 Å². The van der Waals surface area contributed by atoms with Gasteiger partial charge in [-0.2, -0.15) is 16.6 Å². The highest BCUT2D eigenvalue weighted by molar-refractivity contribution is 7.07. The Kier molecular flexibility index (Phi) is 3.96. The third-order valence-corrected chi connectivity index (χ3v) is 3.74. The van der Waals surface area contributed by atoms with Crippen LogP contribution in [-0.2, 0) is 6.42 Å². The summed E-state index contributed by atoms with van der Waals surface area (Å²) in [6, 6.07) is 8.30. The number of likely N-dealkylation sites (N-methyl/N-ethyl adjacent to an activating group) is 1. The van der Waals surface area contributed by atoms with Crippen LogP contribution in [0.25, 0.3) is 0 Å². The second-order valence-electron chi connectivity index (χ2n) is 4.31. The Morgan fingerprint density at radius 3 is 2.83 bits per heavy atom. The first kappa shape index (κ1) is 12.6. The second-order valence-corrected chi connectivity index (χ2v) is 5.09. The minimum Gasteiger partial charge on any atom is -0.357 e. The standard InChI is InChI=1S/C14H15N3S/c1-11(7-12-5-6-18-10-12)17(2)14-4-3-13(8-15)9-16-14/h3-6,9-11H,7H2,1-2H3. The van der Waals surface area contributed by atoms with E-state index >= 15 is 0 Å². The fourth-order valence-electron chi connectivity index (χ4n) is 1.77. The van der Waals surface area contributed by atoms with Crippen LogP contribution in [-0.4, -0.2) is 18.1 Å². The monoisotopic (exact) mass is 257 g/mol. The number of rotatable bonds is 4. The first-order valence-electron chi connectivity index (χ1n) is 5.81. The molecule has 4 heteroatoms. The van der Waals surface area contributed by atoms with Gasteiger partial charge in [0, 0.05) is 19.3 Å². The molecule has 0 saturated heterocycles. The van der Waals surface area contributed by atoms with Gasteiger partial charge >= 0.3 is 0 Å². The molecule has 2 aromatic heterocycles. The number of hydrogen-bond donors (Lipinski definition) is 0. The van der Waals surface area contributed by atoms with Crippen molar-refractivity contribution < 1.29 is 0 Å². The molecule has 3 nitrogen and oxygen atoms in total. The summed E-state index contributed by atoms with van der Waals surface area (Å²) in [5.41, 5.74) is 1.95. The number of nitriles is 1. The number of anilines is 1. The summed E-state index contributed by atoms with van der Waals surface area (Å²) in [7, 11) is 2.03. The zero-order valence-corrected chi connectivity index (χ0v) is 11.3. The quantitative estimate of drug-likeness (QED) is 0.845. The Hall–Kier alpha value is -1.86. The van der Waals surface area contributed by atoms with Crippen molar-refractivity contribution in [1.29, 1.82) is 5.26 Å². The maximum absolute atomic E-state index is 8.75. The van der Waals surface area contributed by atoms with Crippen LogP contribution in [0.3, 0.4) is 0 Å². The third-order valence-electron chi connectivity index (χ3n) is 3.01. The van der Waals surface area contributed by atoms with Crippen molar-refractivity contribution in [3.8, 4) is 6.07 Å². The van der Waals surface area contributed by atoms with E-state index in [1.807, 2.05) is 13.1 Å². The highest BCUT2D eigenvalue weighted by Gasteiger charge is 2.12. The van der Waals surface area contributed by atoms with E-state index in [-0.39, 0.29) is 0 Å². The SMILES string of the molecule is CC(Cc1ccsc1)N(C)c1ccc(C#N)cn1. The minimum absolute atomic E-state index is 0.375. The second kappa shape index (κ2) is 5.65. The Balaban J connectivity index is 2.05. The van der Waals surface area contributed by atoms with Crippen LogP contribution in [0.5, 0.6) is 0 Å². The summed E-state index contributed by atoms with van der Waals surface area (Å²) in [6.45, 7) is 2.18. The van der Waals surface area contributed by atoms with Gasteiger partial charge in [-0.1, -0.05) is 0 Å². The van der Waals surface area contributed by atoms with Crippen molar-refractivity contribution >= 4 is 17.2 Å². The number of hydrogen-bond acceptors (Lipinski definition) is 4. The van der Waals surface area contributed by atoms with Crippen molar-refractivity contribution in [2.24, 2.45) is 0 Å². The van der Waals surface area contributed by atoms with Crippen molar-refractivity contribution in [3.63, 3.8) is 0 Å². The van der Waals surface area contributed by atoms with Crippen LogP contribution >= 0.6 is 11.3 Å². The average molecular weight is 257 g/mol. The van der Waals surface area contributed by atoms with Gasteiger partial charge in [0.25, 0.3) is 0 Å². The molecule has 1 atom stereocenters. The molecule has 0 saturated carbocycles. The van der Waals surface area contributed by atoms with Crippen molar-refractivity contribution in [2.75, 3.05) is 11.9 Å². The lowest BCUT2D eigenvalue weighted by atomic mass is 10.1. The lowest BCUT2D eigenvalue weighted by Gasteiger charge is -2.25. The van der Waals surface area contributed by atoms with Crippen LogP contribution in [0.4, 0.5) is 5.82 Å². The normalized spacial score (nSPS) is 11.8. The summed E-state index contributed by atoms with van der Waals surface area (Å²) in [5, 5.41) is 13.0. The number of thiophene rings is 1. The molecule has 0 fully saturated rings. The highest BCUT2D eigenvalue weighted by atomic mass is 32.1. The van der Waals surface area contributed by atoms with E-state index in [4.69, 9.17) is 5.26 Å². The predicted molar refractivity (Wildman–Crippen MR) is 74.8 cm³/mol. The van der Waals surface area contributed by atoms with Gasteiger partial charge in [0.1, 0.15) is 11.9 Å². The average Bonchev–Trinajstić information content (AvgIpc) is 2.91. The Bertz CT molecular complexity index is 525. The van der Waals surface area contributed by atoms with Crippen LogP contribution in [0.1, 0.15) is 18.1 Å². The zero-order valence-electron chi connectivity index (χ0n) is 10.5. The van der Waals surface area contributed by atoms with Gasteiger partial charge < -0.3 is 4.90 Å². The summed E-state index contributed by atoms with van der Waals surface area (Å²) in [6.07, 6.45) is 2.62. The molecule has 2 heterocycles. The lowest BCUT2D eigenvalue weighted by molar-refractivity contribution is 0.676. The van der Waals surface area contributed by atoms with E-state index in [1.54, 1.807) is 23.6 Å². The fraction of sp³-hybridized carbons (Fsp3) is 0.286. The molecule has 2 rings (SSSR count). The van der Waals surface area contributed by atoms with Gasteiger partial charge in [-0.15, -0.1) is 0 Å². The molecule has 0 radical (unpaired) electrons. The first-order chi connectivity index (χ1) is 8.70. The van der Waals surface area contributed by atoms with Crippen LogP contribution in [0.15, 0.2) is 35.2 Å². The molecular formula is C14H15N3S. The molecule has 0 amide bonds. The minimum atomic E-state index is 0.375. The molecule has 2 aromatic rings. The van der Waals surface area contributed by atoms with Gasteiger partial charge in [0.15, 0.2) is 0 Å². The highest BCUT2D eigenvalue weighted by Crippen LogP contribution is 2.16. The van der Waals surface area contributed by atoms with Crippen LogP contribution in [0, 0.1) is 11.3 Å². The lowest BCUT2D eigenvalue weighted by Crippen LogP contribution is -2.31. The van der Waals surface area contributed by atoms with Crippen molar-refractivity contribution in [2.45, 2.75) is 19.4 Å². The Labute approximate surface area is 111 Å². The summed E-state index contributed by atoms with van der Waals surface area (Å²) >= 11 is 1.72. The number of pyridine rings is 1. The molecule has 92 valence electrons. The third kappa shape index (κ3) is 2.88. The van der Waals surface area contributed by atoms with E-state index in [0.717, 1.165) is 12.2 Å². The van der Waals surface area contributed by atoms with Gasteiger partial charge in [-0.05, 0) is 47.9 Å². The first-order valence-corrected chi connectivity index (χ1v) is 6.75. The van der Waals surface area contributed by atoms with E-state index in [2.05, 4.69) is 39.7 Å². The van der Waals surface area contributed by atoms with E-state index in [0.29, 0.717) is 11.6 Å². The Morgan fingerprint density at radius 2 is 2.28 bits per heavy atom. The fourth-order valence-corrected chi connectivity index (χ4v) is 2.45. The molecule has 18 heavy (non-hydrogen) atoms. The molecule has 0 aliphatic carbocycles. The number of aromatic nitrogens is 1. The summed E-state index contributed by atoms with van der Waals surface area (Å²) < 4.78 is 0. The molecule has 0 bridgehead atoms. The van der Waals surface area contributed by atoms with E-state index in [1.165, 1.54) is 5.56 Å². The molecule has 0 aromatic carbocycles. The summed E-state index contributed by atoms with van der Waals surface area (Å²) in [5.74, 6) is 0.900. The van der Waals surface area contributed by atoms with Crippen LogP contribution < -0.4 is 4.90 Å². The Morgan fingerprint density at radius 1 is 1.44 bits per heavy atom. The smallest absolute Gasteiger partial charge is 0.128 e. The van der Waals surface area contributed by atoms with Gasteiger partial charge in [0.2, 0.25) is 0 Å². The van der Waals surface area contributed by atoms with Gasteiger partial charge in [-0.3, -0.25) is 0 Å². The van der Waals surface area contributed by atoms with Crippen molar-refractivity contribution in [3.05, 3.63) is 46.3 Å². The summed E-state index contributed by atoms with van der Waals surface area (Å²) in [4.78, 5) is 6.44. The predicted octanol–water partition coefficient (Wildman–Crippen LogP) is 3.08. The number of nitrogens with zero attached hydrogens (tertiary/aromatic N) is 3. The van der Waals surface area contributed by atoms with Gasteiger partial charge in [-0.25, -0.2) is 4.98 Å². The van der Waals surface area contributed by atoms with Crippen LogP contribution in [0.2, 0.25) is 0 Å². The molecule has 0 aliphatic rings. The zero-order chi connectivity index (χ0) is 13.0. The molecular weight excluding hydrogens is 242 g/mol. The molecule has 0 spiro atoms. The maximum Gasteiger partial charge on any atom is 0.128 e. The molecule has 0 aliphatic heterocycles. The largest absolute Gasteiger partial charge is 0.357 e. The van der Waals surface area contributed by atoms with Gasteiger partial charge in [0.05, 0.1) is 5.56 Å². The van der Waals surface area contributed by atoms with E-state index < -0.39 is 0 Å². The van der Waals surface area contributed by atoms with E-state index in [9.17, 15) is 0 Å². The molecule has 0 N–H and O–H groups in total. The van der Waals surface area contributed by atoms with Crippen molar-refractivity contribution in [1.82, 2.24) is 4.98 Å².